The highest BCUT2D eigenvalue weighted by molar-refractivity contribution is 6.21. The van der Waals surface area contributed by atoms with Crippen LogP contribution in [0.2, 0.25) is 0 Å². The first-order chi connectivity index (χ1) is 12.0. The number of imide groups is 1. The van der Waals surface area contributed by atoms with E-state index in [1.54, 1.807) is 24.3 Å². The number of nitro groups is 1. The Morgan fingerprint density at radius 2 is 1.56 bits per heavy atom. The Morgan fingerprint density at radius 3 is 2.08 bits per heavy atom. The number of hydrogen-bond acceptors (Lipinski definition) is 5. The number of rotatable bonds is 5. The first kappa shape index (κ1) is 16.3. The zero-order valence-corrected chi connectivity index (χ0v) is 13.0. The van der Waals surface area contributed by atoms with Gasteiger partial charge >= 0.3 is 0 Å². The number of anilines is 1. The number of carbonyl (C=O) groups excluding carboxylic acids is 3. The lowest BCUT2D eigenvalue weighted by atomic mass is 10.1. The smallest absolute Gasteiger partial charge is 0.269 e. The molecule has 2 aromatic carbocycles. The van der Waals surface area contributed by atoms with Crippen LogP contribution < -0.4 is 5.32 Å². The number of amides is 3. The van der Waals surface area contributed by atoms with Crippen molar-refractivity contribution in [2.24, 2.45) is 0 Å². The van der Waals surface area contributed by atoms with Crippen molar-refractivity contribution >= 4 is 29.1 Å². The van der Waals surface area contributed by atoms with Gasteiger partial charge in [0.15, 0.2) is 0 Å². The molecule has 0 bridgehead atoms. The van der Waals surface area contributed by atoms with Crippen molar-refractivity contribution < 1.29 is 19.3 Å². The molecule has 3 amide bonds. The fourth-order valence-electron chi connectivity index (χ4n) is 2.55. The lowest BCUT2D eigenvalue weighted by molar-refractivity contribution is -0.384. The summed E-state index contributed by atoms with van der Waals surface area (Å²) in [5.74, 6) is -1.22. The summed E-state index contributed by atoms with van der Waals surface area (Å²) in [6.07, 6.45) is -0.0670. The molecule has 8 heteroatoms. The second-order valence-electron chi connectivity index (χ2n) is 5.41. The number of nitrogens with zero attached hydrogens (tertiary/aromatic N) is 2. The zero-order valence-electron chi connectivity index (χ0n) is 13.0. The average molecular weight is 339 g/mol. The third-order valence-corrected chi connectivity index (χ3v) is 3.80. The van der Waals surface area contributed by atoms with Crippen molar-refractivity contribution in [3.63, 3.8) is 0 Å². The van der Waals surface area contributed by atoms with Crippen LogP contribution in [0.1, 0.15) is 27.1 Å². The van der Waals surface area contributed by atoms with E-state index in [9.17, 15) is 24.5 Å². The molecule has 126 valence electrons. The van der Waals surface area contributed by atoms with Gasteiger partial charge in [-0.2, -0.15) is 0 Å². The van der Waals surface area contributed by atoms with Crippen LogP contribution in [0.3, 0.4) is 0 Å². The number of fused-ring (bicyclic) bond motifs is 1. The molecule has 0 unspecified atom stereocenters. The SMILES string of the molecule is O=C(CCN1C(=O)c2ccccc2C1=O)Nc1ccc([N+](=O)[O-])cc1. The Labute approximate surface area is 142 Å². The lowest BCUT2D eigenvalue weighted by Crippen LogP contribution is -2.32. The topological polar surface area (TPSA) is 110 Å². The van der Waals surface area contributed by atoms with Gasteiger partial charge in [0.05, 0.1) is 16.1 Å². The summed E-state index contributed by atoms with van der Waals surface area (Å²) in [7, 11) is 0. The molecule has 2 aromatic rings. The average Bonchev–Trinajstić information content (AvgIpc) is 2.85. The Morgan fingerprint density at radius 1 is 1.00 bits per heavy atom. The molecule has 1 aliphatic rings. The number of carbonyl (C=O) groups is 3. The molecule has 0 fully saturated rings. The maximum atomic E-state index is 12.2. The highest BCUT2D eigenvalue weighted by Crippen LogP contribution is 2.22. The maximum absolute atomic E-state index is 12.2. The van der Waals surface area contributed by atoms with Crippen molar-refractivity contribution in [1.29, 1.82) is 0 Å². The van der Waals surface area contributed by atoms with E-state index in [4.69, 9.17) is 0 Å². The van der Waals surface area contributed by atoms with Gasteiger partial charge < -0.3 is 5.32 Å². The predicted octanol–water partition coefficient (Wildman–Crippen LogP) is 2.22. The monoisotopic (exact) mass is 339 g/mol. The summed E-state index contributed by atoms with van der Waals surface area (Å²) in [5, 5.41) is 13.2. The summed E-state index contributed by atoms with van der Waals surface area (Å²) in [6.45, 7) is -0.0365. The number of hydrogen-bond donors (Lipinski definition) is 1. The van der Waals surface area contributed by atoms with Gasteiger partial charge in [-0.15, -0.1) is 0 Å². The van der Waals surface area contributed by atoms with E-state index >= 15 is 0 Å². The van der Waals surface area contributed by atoms with Crippen molar-refractivity contribution in [1.82, 2.24) is 4.90 Å². The van der Waals surface area contributed by atoms with Gasteiger partial charge in [-0.25, -0.2) is 0 Å². The Balaban J connectivity index is 1.59. The van der Waals surface area contributed by atoms with Crippen molar-refractivity contribution in [2.45, 2.75) is 6.42 Å². The molecule has 8 nitrogen and oxygen atoms in total. The van der Waals surface area contributed by atoms with E-state index in [1.807, 2.05) is 0 Å². The van der Waals surface area contributed by atoms with Crippen LogP contribution in [0, 0.1) is 10.1 Å². The van der Waals surface area contributed by atoms with Crippen LogP contribution >= 0.6 is 0 Å². The Kier molecular flexibility index (Phi) is 4.25. The largest absolute Gasteiger partial charge is 0.326 e. The maximum Gasteiger partial charge on any atom is 0.269 e. The molecule has 0 radical (unpaired) electrons. The molecular weight excluding hydrogens is 326 g/mol. The molecule has 3 rings (SSSR count). The molecule has 0 atom stereocenters. The van der Waals surface area contributed by atoms with Gasteiger partial charge in [0, 0.05) is 30.8 Å². The van der Waals surface area contributed by atoms with Crippen LogP contribution in [-0.2, 0) is 4.79 Å². The highest BCUT2D eigenvalue weighted by atomic mass is 16.6. The Hall–Kier alpha value is -3.55. The number of benzene rings is 2. The molecule has 1 heterocycles. The van der Waals surface area contributed by atoms with E-state index in [0.717, 1.165) is 4.90 Å². The number of non-ortho nitro benzene ring substituents is 1. The summed E-state index contributed by atoms with van der Waals surface area (Å²) >= 11 is 0. The number of nitro benzene ring substituents is 1. The zero-order chi connectivity index (χ0) is 18.0. The van der Waals surface area contributed by atoms with Gasteiger partial charge in [-0.05, 0) is 24.3 Å². The standard InChI is InChI=1S/C17H13N3O5/c21-15(18-11-5-7-12(8-6-11)20(24)25)9-10-19-16(22)13-3-1-2-4-14(13)17(19)23/h1-8H,9-10H2,(H,18,21). The minimum atomic E-state index is -0.534. The minimum Gasteiger partial charge on any atom is -0.326 e. The van der Waals surface area contributed by atoms with Gasteiger partial charge in [0.25, 0.3) is 17.5 Å². The second kappa shape index (κ2) is 6.52. The normalized spacial score (nSPS) is 12.9. The van der Waals surface area contributed by atoms with E-state index in [1.165, 1.54) is 24.3 Å². The van der Waals surface area contributed by atoms with Crippen LogP contribution in [0.25, 0.3) is 0 Å². The van der Waals surface area contributed by atoms with Crippen LogP contribution in [-0.4, -0.2) is 34.1 Å². The van der Waals surface area contributed by atoms with E-state index in [-0.39, 0.29) is 18.7 Å². The van der Waals surface area contributed by atoms with E-state index in [0.29, 0.717) is 16.8 Å². The molecule has 25 heavy (non-hydrogen) atoms. The summed E-state index contributed by atoms with van der Waals surface area (Å²) in [5.41, 5.74) is 0.994. The Bertz CT molecular complexity index is 841. The first-order valence-electron chi connectivity index (χ1n) is 7.47. The minimum absolute atomic E-state index is 0.0365. The van der Waals surface area contributed by atoms with Gasteiger partial charge in [-0.1, -0.05) is 12.1 Å². The van der Waals surface area contributed by atoms with Gasteiger partial charge in [-0.3, -0.25) is 29.4 Å². The fraction of sp³-hybridized carbons (Fsp3) is 0.118. The molecule has 0 aromatic heterocycles. The van der Waals surface area contributed by atoms with Gasteiger partial charge in [0.2, 0.25) is 5.91 Å². The molecule has 0 aliphatic carbocycles. The third-order valence-electron chi connectivity index (χ3n) is 3.80. The van der Waals surface area contributed by atoms with Gasteiger partial charge in [0.1, 0.15) is 0 Å². The van der Waals surface area contributed by atoms with Crippen molar-refractivity contribution in [2.75, 3.05) is 11.9 Å². The van der Waals surface area contributed by atoms with Crippen molar-refractivity contribution in [3.05, 3.63) is 69.8 Å². The predicted molar refractivity (Wildman–Crippen MR) is 88.2 cm³/mol. The van der Waals surface area contributed by atoms with Crippen molar-refractivity contribution in [3.8, 4) is 0 Å². The quantitative estimate of drug-likeness (QED) is 0.510. The fourth-order valence-corrected chi connectivity index (χ4v) is 2.55. The first-order valence-corrected chi connectivity index (χ1v) is 7.47. The van der Waals surface area contributed by atoms with E-state index < -0.39 is 22.6 Å². The highest BCUT2D eigenvalue weighted by Gasteiger charge is 2.34. The molecule has 1 aliphatic heterocycles. The third kappa shape index (κ3) is 3.23. The summed E-state index contributed by atoms with van der Waals surface area (Å²) in [4.78, 5) is 47.5. The van der Waals surface area contributed by atoms with Crippen LogP contribution in [0.5, 0.6) is 0 Å². The summed E-state index contributed by atoms with van der Waals surface area (Å²) in [6, 6.07) is 11.9. The van der Waals surface area contributed by atoms with E-state index in [2.05, 4.69) is 5.32 Å². The second-order valence-corrected chi connectivity index (χ2v) is 5.41. The molecular formula is C17H13N3O5. The molecule has 1 N–H and O–H groups in total. The molecule has 0 saturated carbocycles. The molecule has 0 spiro atoms. The molecule has 0 saturated heterocycles. The van der Waals surface area contributed by atoms with Crippen LogP contribution in [0.15, 0.2) is 48.5 Å². The summed E-state index contributed by atoms with van der Waals surface area (Å²) < 4.78 is 0. The van der Waals surface area contributed by atoms with Crippen LogP contribution in [0.4, 0.5) is 11.4 Å². The number of nitrogens with one attached hydrogen (secondary N) is 1. The lowest BCUT2D eigenvalue weighted by Gasteiger charge is -2.13.